The Morgan fingerprint density at radius 1 is 1.20 bits per heavy atom. The molecule has 1 fully saturated rings. The van der Waals surface area contributed by atoms with E-state index in [2.05, 4.69) is 15.5 Å². The van der Waals surface area contributed by atoms with Gasteiger partial charge >= 0.3 is 5.97 Å². The number of aromatic nitrogens is 3. The van der Waals surface area contributed by atoms with Crippen LogP contribution in [0.1, 0.15) is 33.6 Å². The zero-order valence-corrected chi connectivity index (χ0v) is 16.0. The molecule has 1 aromatic carbocycles. The van der Waals surface area contributed by atoms with E-state index in [1.165, 1.54) is 19.5 Å². The Kier molecular flexibility index (Phi) is 3.95. The predicted octanol–water partition coefficient (Wildman–Crippen LogP) is 1.01. The molecule has 4 heterocycles. The van der Waals surface area contributed by atoms with Gasteiger partial charge in [-0.15, -0.1) is 0 Å². The number of rotatable bonds is 2. The van der Waals surface area contributed by atoms with Gasteiger partial charge in [-0.25, -0.2) is 9.89 Å². The zero-order chi connectivity index (χ0) is 21.0. The lowest BCUT2D eigenvalue weighted by Crippen LogP contribution is -2.40. The van der Waals surface area contributed by atoms with E-state index in [1.807, 2.05) is 0 Å². The SMILES string of the molecule is COC(=O)c1cn(-c2ccc3c(c2)C(=O)N2CCCC2C(=O)N3)cc2c(=O)[nH]nc1-2. The van der Waals surface area contributed by atoms with Crippen LogP contribution in [0, 0.1) is 0 Å². The minimum atomic E-state index is -0.640. The van der Waals surface area contributed by atoms with Crippen LogP contribution >= 0.6 is 0 Å². The maximum Gasteiger partial charge on any atom is 0.341 e. The van der Waals surface area contributed by atoms with Crippen molar-refractivity contribution in [1.29, 1.82) is 0 Å². The molecular weight excluding hydrogens is 390 g/mol. The second kappa shape index (κ2) is 6.55. The number of methoxy groups -OCH3 is 1. The van der Waals surface area contributed by atoms with Crippen LogP contribution < -0.4 is 10.9 Å². The third-order valence-corrected chi connectivity index (χ3v) is 5.57. The highest BCUT2D eigenvalue weighted by atomic mass is 16.5. The van der Waals surface area contributed by atoms with E-state index in [4.69, 9.17) is 4.74 Å². The number of nitrogens with one attached hydrogen (secondary N) is 2. The average molecular weight is 407 g/mol. The number of hydrogen-bond donors (Lipinski definition) is 2. The molecular formula is C20H17N5O5. The van der Waals surface area contributed by atoms with Crippen molar-refractivity contribution in [3.63, 3.8) is 0 Å². The maximum atomic E-state index is 13.1. The summed E-state index contributed by atoms with van der Waals surface area (Å²) in [5, 5.41) is 9.06. The van der Waals surface area contributed by atoms with Crippen molar-refractivity contribution in [2.24, 2.45) is 0 Å². The monoisotopic (exact) mass is 407 g/mol. The first-order valence-electron chi connectivity index (χ1n) is 9.43. The number of carbonyl (C=O) groups excluding carboxylic acids is 3. The molecule has 10 nitrogen and oxygen atoms in total. The molecule has 2 N–H and O–H groups in total. The number of H-pyrrole nitrogens is 1. The summed E-state index contributed by atoms with van der Waals surface area (Å²) in [5.74, 6) is -1.06. The summed E-state index contributed by atoms with van der Waals surface area (Å²) in [5.41, 5.74) is 1.43. The molecule has 0 aromatic heterocycles. The van der Waals surface area contributed by atoms with Gasteiger partial charge in [-0.1, -0.05) is 0 Å². The molecule has 1 saturated heterocycles. The van der Waals surface area contributed by atoms with Crippen LogP contribution in [0.15, 0.2) is 35.4 Å². The minimum Gasteiger partial charge on any atom is -0.465 e. The van der Waals surface area contributed by atoms with E-state index in [9.17, 15) is 19.2 Å². The van der Waals surface area contributed by atoms with E-state index in [0.29, 0.717) is 29.9 Å². The molecule has 5 rings (SSSR count). The summed E-state index contributed by atoms with van der Waals surface area (Å²) < 4.78 is 6.37. The van der Waals surface area contributed by atoms with Crippen molar-refractivity contribution in [2.45, 2.75) is 18.9 Å². The molecule has 1 unspecified atom stereocenters. The molecule has 0 aliphatic carbocycles. The summed E-state index contributed by atoms with van der Waals surface area (Å²) in [6.45, 7) is 0.529. The molecule has 4 aliphatic rings. The van der Waals surface area contributed by atoms with Crippen molar-refractivity contribution in [1.82, 2.24) is 19.7 Å². The fourth-order valence-electron chi connectivity index (χ4n) is 4.08. The molecule has 1 aromatic rings. The zero-order valence-electron chi connectivity index (χ0n) is 16.0. The number of hydrogen-bond acceptors (Lipinski definition) is 6. The molecule has 30 heavy (non-hydrogen) atoms. The summed E-state index contributed by atoms with van der Waals surface area (Å²) in [7, 11) is 1.24. The van der Waals surface area contributed by atoms with Gasteiger partial charge in [0, 0.05) is 24.6 Å². The highest BCUT2D eigenvalue weighted by Gasteiger charge is 2.38. The largest absolute Gasteiger partial charge is 0.465 e. The van der Waals surface area contributed by atoms with Gasteiger partial charge in [0.15, 0.2) is 0 Å². The number of amides is 2. The average Bonchev–Trinajstić information content (AvgIpc) is 3.37. The normalized spacial score (nSPS) is 18.0. The van der Waals surface area contributed by atoms with Crippen LogP contribution in [0.25, 0.3) is 16.9 Å². The predicted molar refractivity (Wildman–Crippen MR) is 105 cm³/mol. The van der Waals surface area contributed by atoms with Gasteiger partial charge in [-0.2, -0.15) is 5.10 Å². The molecule has 4 aliphatic heterocycles. The number of fused-ring (bicyclic) bond motifs is 3. The third-order valence-electron chi connectivity index (χ3n) is 5.57. The minimum absolute atomic E-state index is 0.113. The smallest absolute Gasteiger partial charge is 0.341 e. The van der Waals surface area contributed by atoms with Crippen LogP contribution in [0.4, 0.5) is 5.69 Å². The van der Waals surface area contributed by atoms with E-state index < -0.39 is 17.6 Å². The molecule has 2 amide bonds. The summed E-state index contributed by atoms with van der Waals surface area (Å²) >= 11 is 0. The maximum absolute atomic E-state index is 13.1. The first-order chi connectivity index (χ1) is 14.5. The Balaban J connectivity index is 1.66. The van der Waals surface area contributed by atoms with Crippen molar-refractivity contribution in [3.05, 3.63) is 52.1 Å². The highest BCUT2D eigenvalue weighted by molar-refractivity contribution is 6.10. The first kappa shape index (κ1) is 18.1. The fourth-order valence-corrected chi connectivity index (χ4v) is 4.08. The van der Waals surface area contributed by atoms with E-state index in [0.717, 1.165) is 6.42 Å². The van der Waals surface area contributed by atoms with E-state index in [-0.39, 0.29) is 28.6 Å². The van der Waals surface area contributed by atoms with Gasteiger partial charge in [-0.3, -0.25) is 14.4 Å². The summed E-state index contributed by atoms with van der Waals surface area (Å²) in [6.07, 6.45) is 4.45. The molecule has 0 saturated carbocycles. The number of benzene rings is 1. The van der Waals surface area contributed by atoms with Crippen molar-refractivity contribution in [2.75, 3.05) is 19.0 Å². The van der Waals surface area contributed by atoms with E-state index >= 15 is 0 Å². The van der Waals surface area contributed by atoms with Crippen molar-refractivity contribution < 1.29 is 19.1 Å². The van der Waals surface area contributed by atoms with Gasteiger partial charge in [-0.05, 0) is 31.0 Å². The number of esters is 1. The van der Waals surface area contributed by atoms with Crippen LogP contribution in [0.5, 0.6) is 0 Å². The molecule has 152 valence electrons. The molecule has 0 radical (unpaired) electrons. The number of aromatic amines is 1. The first-order valence-corrected chi connectivity index (χ1v) is 9.43. The van der Waals surface area contributed by atoms with Crippen LogP contribution in [-0.4, -0.2) is 57.1 Å². The number of carbonyl (C=O) groups is 3. The Labute approximate surface area is 169 Å². The number of ether oxygens (including phenoxy) is 1. The Hall–Kier alpha value is -3.95. The number of anilines is 1. The summed E-state index contributed by atoms with van der Waals surface area (Å²) in [4.78, 5) is 51.5. The van der Waals surface area contributed by atoms with Crippen LogP contribution in [0.3, 0.4) is 0 Å². The highest BCUT2D eigenvalue weighted by Crippen LogP contribution is 2.31. The quantitative estimate of drug-likeness (QED) is 0.611. The van der Waals surface area contributed by atoms with Gasteiger partial charge in [0.05, 0.1) is 23.9 Å². The lowest BCUT2D eigenvalue weighted by molar-refractivity contribution is -0.119. The number of nitrogens with zero attached hydrogens (tertiary/aromatic N) is 3. The standard InChI is InChI=1S/C20H17N5O5/c1-30-20(29)13-9-24(8-12-16(13)22-23-17(12)26)10-4-5-14-11(7-10)19(28)25-6-2-3-15(25)18(27)21-14/h4-5,7-9,15H,2-3,6H2,1H3,(H,21,27)(H,23,26). The molecule has 0 spiro atoms. The second-order valence-corrected chi connectivity index (χ2v) is 7.26. The van der Waals surface area contributed by atoms with Gasteiger partial charge in [0.2, 0.25) is 5.91 Å². The third kappa shape index (κ3) is 2.60. The molecule has 0 bridgehead atoms. The molecule has 10 heteroatoms. The Morgan fingerprint density at radius 3 is 2.83 bits per heavy atom. The van der Waals surface area contributed by atoms with Gasteiger partial charge in [0.25, 0.3) is 11.5 Å². The second-order valence-electron chi connectivity index (χ2n) is 7.26. The van der Waals surface area contributed by atoms with Crippen molar-refractivity contribution >= 4 is 23.5 Å². The topological polar surface area (TPSA) is 126 Å². The van der Waals surface area contributed by atoms with E-state index in [1.54, 1.807) is 27.7 Å². The van der Waals surface area contributed by atoms with Crippen molar-refractivity contribution in [3.8, 4) is 16.9 Å². The number of pyridine rings is 1. The lowest BCUT2D eigenvalue weighted by Gasteiger charge is -2.20. The molecule has 1 atom stereocenters. The van der Waals surface area contributed by atoms with Gasteiger partial charge in [0.1, 0.15) is 17.3 Å². The van der Waals surface area contributed by atoms with Crippen LogP contribution in [0.2, 0.25) is 0 Å². The van der Waals surface area contributed by atoms with Gasteiger partial charge < -0.3 is 19.5 Å². The summed E-state index contributed by atoms with van der Waals surface area (Å²) in [6, 6.07) is 4.51. The fraction of sp³-hybridized carbons (Fsp3) is 0.250. The van der Waals surface area contributed by atoms with Crippen LogP contribution in [-0.2, 0) is 9.53 Å². The Bertz CT molecular complexity index is 1240. The lowest BCUT2D eigenvalue weighted by atomic mass is 10.1. The Morgan fingerprint density at radius 2 is 2.03 bits per heavy atom.